The van der Waals surface area contributed by atoms with E-state index < -0.39 is 5.56 Å². The molecule has 1 aliphatic heterocycles. The second kappa shape index (κ2) is 6.93. The van der Waals surface area contributed by atoms with Crippen molar-refractivity contribution in [2.24, 2.45) is 0 Å². The van der Waals surface area contributed by atoms with Gasteiger partial charge < -0.3 is 9.88 Å². The zero-order valence-corrected chi connectivity index (χ0v) is 14.4. The highest BCUT2D eigenvalue weighted by Gasteiger charge is 2.27. The largest absolute Gasteiger partial charge is 0.339 e. The van der Waals surface area contributed by atoms with Gasteiger partial charge in [0.15, 0.2) is 0 Å². The van der Waals surface area contributed by atoms with Gasteiger partial charge in [0.05, 0.1) is 11.8 Å². The number of nitrogens with zero attached hydrogens (tertiary/aromatic N) is 3. The highest BCUT2D eigenvalue weighted by molar-refractivity contribution is 5.95. The van der Waals surface area contributed by atoms with Gasteiger partial charge in [0.2, 0.25) is 0 Å². The van der Waals surface area contributed by atoms with E-state index >= 15 is 0 Å². The molecular formula is C18H21N5O2. The third kappa shape index (κ3) is 3.20. The molecular weight excluding hydrogens is 318 g/mol. The second-order valence-corrected chi connectivity index (χ2v) is 6.39. The summed E-state index contributed by atoms with van der Waals surface area (Å²) < 4.78 is 0. The summed E-state index contributed by atoms with van der Waals surface area (Å²) in [5.41, 5.74) is 2.82. The molecule has 0 bridgehead atoms. The van der Waals surface area contributed by atoms with Gasteiger partial charge in [-0.2, -0.15) is 10.4 Å². The van der Waals surface area contributed by atoms with Gasteiger partial charge >= 0.3 is 0 Å². The van der Waals surface area contributed by atoms with Crippen molar-refractivity contribution in [3.05, 3.63) is 50.7 Å². The normalized spacial score (nSPS) is 15.2. The van der Waals surface area contributed by atoms with Crippen molar-refractivity contribution >= 4 is 5.91 Å². The van der Waals surface area contributed by atoms with Crippen LogP contribution in [0.5, 0.6) is 0 Å². The number of pyridine rings is 1. The first kappa shape index (κ1) is 17.0. The Morgan fingerprint density at radius 2 is 2.16 bits per heavy atom. The van der Waals surface area contributed by atoms with Crippen LogP contribution in [0.3, 0.4) is 0 Å². The number of aryl methyl sites for hydroxylation is 2. The van der Waals surface area contributed by atoms with Crippen LogP contribution in [0.25, 0.3) is 0 Å². The first-order chi connectivity index (χ1) is 12.0. The maximum Gasteiger partial charge on any atom is 0.266 e. The summed E-state index contributed by atoms with van der Waals surface area (Å²) in [6.07, 6.45) is 4.56. The summed E-state index contributed by atoms with van der Waals surface area (Å²) >= 11 is 0. The topological polar surface area (TPSA) is 106 Å². The molecule has 0 aromatic carbocycles. The maximum atomic E-state index is 12.8. The van der Waals surface area contributed by atoms with E-state index in [1.54, 1.807) is 11.8 Å². The molecule has 1 amide bonds. The predicted molar refractivity (Wildman–Crippen MR) is 92.4 cm³/mol. The van der Waals surface area contributed by atoms with Crippen LogP contribution < -0.4 is 5.56 Å². The van der Waals surface area contributed by atoms with Crippen LogP contribution in [0.2, 0.25) is 0 Å². The number of hydrogen-bond donors (Lipinski definition) is 2. The van der Waals surface area contributed by atoms with Gasteiger partial charge in [-0.1, -0.05) is 6.92 Å². The lowest BCUT2D eigenvalue weighted by atomic mass is 9.90. The number of carbonyl (C=O) groups is 1. The number of H-pyrrole nitrogens is 2. The number of aromatic amines is 2. The molecule has 7 heteroatoms. The molecule has 0 unspecified atom stereocenters. The van der Waals surface area contributed by atoms with Crippen LogP contribution in [0.15, 0.2) is 17.1 Å². The molecule has 0 spiro atoms. The summed E-state index contributed by atoms with van der Waals surface area (Å²) in [5.74, 6) is 0.247. The number of rotatable bonds is 3. The summed E-state index contributed by atoms with van der Waals surface area (Å²) in [4.78, 5) is 28.8. The Hall–Kier alpha value is -2.88. The van der Waals surface area contributed by atoms with Crippen LogP contribution in [0, 0.1) is 18.3 Å². The molecule has 0 saturated carbocycles. The molecule has 3 rings (SSSR count). The van der Waals surface area contributed by atoms with Gasteiger partial charge in [-0.05, 0) is 37.8 Å². The fraction of sp³-hybridized carbons (Fsp3) is 0.444. The highest BCUT2D eigenvalue weighted by Crippen LogP contribution is 2.29. The van der Waals surface area contributed by atoms with E-state index in [1.165, 1.54) is 17.3 Å². The third-order valence-corrected chi connectivity index (χ3v) is 4.91. The first-order valence-electron chi connectivity index (χ1n) is 8.50. The molecule has 7 nitrogen and oxygen atoms in total. The van der Waals surface area contributed by atoms with Gasteiger partial charge in [0, 0.05) is 30.4 Å². The van der Waals surface area contributed by atoms with Crippen molar-refractivity contribution in [3.63, 3.8) is 0 Å². The van der Waals surface area contributed by atoms with Gasteiger partial charge in [0.1, 0.15) is 11.6 Å². The number of piperidine rings is 1. The Morgan fingerprint density at radius 3 is 2.80 bits per heavy atom. The Morgan fingerprint density at radius 1 is 1.44 bits per heavy atom. The SMILES string of the molecule is CCc1cn[nH]c1C1CCN(C(=O)c2cc(C#N)c(=O)[nH]c2C)CC1. The van der Waals surface area contributed by atoms with Crippen molar-refractivity contribution in [3.8, 4) is 6.07 Å². The van der Waals surface area contributed by atoms with Gasteiger partial charge in [0.25, 0.3) is 11.5 Å². The molecule has 2 N–H and O–H groups in total. The van der Waals surface area contributed by atoms with Crippen molar-refractivity contribution in [1.82, 2.24) is 20.1 Å². The Balaban J connectivity index is 1.74. The summed E-state index contributed by atoms with van der Waals surface area (Å²) in [7, 11) is 0. The van der Waals surface area contributed by atoms with Crippen molar-refractivity contribution in [1.29, 1.82) is 5.26 Å². The van der Waals surface area contributed by atoms with E-state index in [0.29, 0.717) is 30.3 Å². The lowest BCUT2D eigenvalue weighted by Gasteiger charge is -2.32. The molecule has 2 aromatic heterocycles. The molecule has 1 fully saturated rings. The van der Waals surface area contributed by atoms with Gasteiger partial charge in [-0.25, -0.2) is 0 Å². The molecule has 130 valence electrons. The van der Waals surface area contributed by atoms with Crippen LogP contribution in [-0.4, -0.2) is 39.1 Å². The number of amides is 1. The predicted octanol–water partition coefficient (Wildman–Crippen LogP) is 1.86. The summed E-state index contributed by atoms with van der Waals surface area (Å²) in [5, 5.41) is 16.3. The first-order valence-corrected chi connectivity index (χ1v) is 8.50. The van der Waals surface area contributed by atoms with Gasteiger partial charge in [-0.3, -0.25) is 14.7 Å². The standard InChI is InChI=1S/C18H21N5O2/c1-3-12-10-20-22-16(12)13-4-6-23(7-5-13)18(25)15-8-14(9-19)17(24)21-11(15)2/h8,10,13H,3-7H2,1-2H3,(H,20,22)(H,21,24). The fourth-order valence-electron chi connectivity index (χ4n) is 3.43. The fourth-order valence-corrected chi connectivity index (χ4v) is 3.43. The van der Waals surface area contributed by atoms with E-state index in [2.05, 4.69) is 22.1 Å². The average molecular weight is 339 g/mol. The third-order valence-electron chi connectivity index (χ3n) is 4.91. The quantitative estimate of drug-likeness (QED) is 0.890. The Bertz CT molecular complexity index is 882. The van der Waals surface area contributed by atoms with E-state index in [1.807, 2.05) is 12.3 Å². The highest BCUT2D eigenvalue weighted by atomic mass is 16.2. The molecule has 25 heavy (non-hydrogen) atoms. The van der Waals surface area contributed by atoms with Crippen molar-refractivity contribution in [2.45, 2.75) is 39.0 Å². The average Bonchev–Trinajstić information content (AvgIpc) is 3.10. The molecule has 0 atom stereocenters. The number of aromatic nitrogens is 3. The monoisotopic (exact) mass is 339 g/mol. The van der Waals surface area contributed by atoms with Crippen molar-refractivity contribution in [2.75, 3.05) is 13.1 Å². The second-order valence-electron chi connectivity index (χ2n) is 6.39. The molecule has 1 aliphatic rings. The van der Waals surface area contributed by atoms with Crippen LogP contribution >= 0.6 is 0 Å². The Labute approximate surface area is 145 Å². The number of nitrogens with one attached hydrogen (secondary N) is 2. The minimum Gasteiger partial charge on any atom is -0.339 e. The smallest absolute Gasteiger partial charge is 0.266 e. The maximum absolute atomic E-state index is 12.8. The van der Waals surface area contributed by atoms with E-state index in [9.17, 15) is 9.59 Å². The summed E-state index contributed by atoms with van der Waals surface area (Å²) in [6, 6.07) is 3.23. The van der Waals surface area contributed by atoms with E-state index in [-0.39, 0.29) is 11.5 Å². The molecule has 3 heterocycles. The molecule has 1 saturated heterocycles. The zero-order chi connectivity index (χ0) is 18.0. The van der Waals surface area contributed by atoms with E-state index in [4.69, 9.17) is 5.26 Å². The molecule has 0 aliphatic carbocycles. The number of carbonyl (C=O) groups excluding carboxylic acids is 1. The summed E-state index contributed by atoms with van der Waals surface area (Å²) in [6.45, 7) is 5.08. The van der Waals surface area contributed by atoms with Gasteiger partial charge in [-0.15, -0.1) is 0 Å². The minimum atomic E-state index is -0.457. The Kier molecular flexibility index (Phi) is 4.70. The lowest BCUT2D eigenvalue weighted by Crippen LogP contribution is -2.39. The minimum absolute atomic E-state index is 0.0334. The molecule has 0 radical (unpaired) electrons. The van der Waals surface area contributed by atoms with Crippen LogP contribution in [-0.2, 0) is 6.42 Å². The van der Waals surface area contributed by atoms with Crippen LogP contribution in [0.4, 0.5) is 0 Å². The van der Waals surface area contributed by atoms with E-state index in [0.717, 1.165) is 19.3 Å². The van der Waals surface area contributed by atoms with Crippen LogP contribution in [0.1, 0.15) is 58.6 Å². The number of nitriles is 1. The number of likely N-dealkylation sites (tertiary alicyclic amines) is 1. The molecule has 2 aromatic rings. The van der Waals surface area contributed by atoms with Crippen molar-refractivity contribution < 1.29 is 4.79 Å². The lowest BCUT2D eigenvalue weighted by molar-refractivity contribution is 0.0710. The number of hydrogen-bond acceptors (Lipinski definition) is 4. The zero-order valence-electron chi connectivity index (χ0n) is 14.4.